The molecule has 1 aliphatic rings. The highest BCUT2D eigenvalue weighted by molar-refractivity contribution is 7.89. The lowest BCUT2D eigenvalue weighted by atomic mass is 10.2. The Morgan fingerprint density at radius 1 is 1.56 bits per heavy atom. The van der Waals surface area contributed by atoms with E-state index in [4.69, 9.17) is 11.1 Å². The van der Waals surface area contributed by atoms with Gasteiger partial charge in [0.15, 0.2) is 0 Å². The van der Waals surface area contributed by atoms with Gasteiger partial charge in [-0.25, -0.2) is 8.42 Å². The molecular formula is C10H17N5O2S. The van der Waals surface area contributed by atoms with Gasteiger partial charge in [0.1, 0.15) is 10.7 Å². The Balaban J connectivity index is 2.46. The molecule has 0 aliphatic carbocycles. The van der Waals surface area contributed by atoms with Crippen molar-refractivity contribution in [3.8, 4) is 0 Å². The number of aromatic amines is 1. The Labute approximate surface area is 106 Å². The van der Waals surface area contributed by atoms with Crippen molar-refractivity contribution in [3.63, 3.8) is 0 Å². The molecule has 0 spiro atoms. The molecule has 1 saturated heterocycles. The summed E-state index contributed by atoms with van der Waals surface area (Å²) in [5.41, 5.74) is 6.43. The number of H-pyrrole nitrogens is 1. The van der Waals surface area contributed by atoms with Crippen LogP contribution in [0.4, 0.5) is 0 Å². The quantitative estimate of drug-likeness (QED) is 0.534. The van der Waals surface area contributed by atoms with Crippen LogP contribution in [0.1, 0.15) is 24.2 Å². The maximum atomic E-state index is 12.6. The summed E-state index contributed by atoms with van der Waals surface area (Å²) in [6.07, 6.45) is 1.32. The summed E-state index contributed by atoms with van der Waals surface area (Å²) in [7, 11) is -3.63. The zero-order valence-corrected chi connectivity index (χ0v) is 11.2. The first kappa shape index (κ1) is 13.0. The van der Waals surface area contributed by atoms with E-state index < -0.39 is 16.1 Å². The Morgan fingerprint density at radius 3 is 2.72 bits per heavy atom. The summed E-state index contributed by atoms with van der Waals surface area (Å²) < 4.78 is 26.4. The van der Waals surface area contributed by atoms with Gasteiger partial charge in [-0.1, -0.05) is 0 Å². The van der Waals surface area contributed by atoms with Crippen molar-refractivity contribution in [1.82, 2.24) is 14.5 Å². The molecule has 1 aliphatic heterocycles. The SMILES string of the molecule is Cc1n[nH]c(C)c1S(=O)(=O)N1CCCC1C(=N)N. The summed E-state index contributed by atoms with van der Waals surface area (Å²) in [6.45, 7) is 3.72. The fourth-order valence-electron chi connectivity index (χ4n) is 2.38. The van der Waals surface area contributed by atoms with Gasteiger partial charge >= 0.3 is 0 Å². The summed E-state index contributed by atoms with van der Waals surface area (Å²) in [6, 6.07) is -0.524. The third kappa shape index (κ3) is 1.91. The van der Waals surface area contributed by atoms with Crippen molar-refractivity contribution in [1.29, 1.82) is 5.41 Å². The number of aromatic nitrogens is 2. The number of nitrogens with two attached hydrogens (primary N) is 1. The number of nitrogens with one attached hydrogen (secondary N) is 2. The second-order valence-electron chi connectivity index (χ2n) is 4.49. The molecule has 1 fully saturated rings. The minimum atomic E-state index is -3.63. The standard InChI is InChI=1S/C10H17N5O2S/c1-6-9(7(2)14-13-6)18(16,17)15-5-3-4-8(15)10(11)12/h8H,3-5H2,1-2H3,(H3,11,12)(H,13,14). The second kappa shape index (κ2) is 4.36. The number of rotatable bonds is 3. The first-order chi connectivity index (χ1) is 8.35. The maximum Gasteiger partial charge on any atom is 0.247 e. The van der Waals surface area contributed by atoms with Crippen LogP contribution in [0.15, 0.2) is 4.90 Å². The van der Waals surface area contributed by atoms with Crippen LogP contribution < -0.4 is 5.73 Å². The van der Waals surface area contributed by atoms with Crippen molar-refractivity contribution in [2.75, 3.05) is 6.54 Å². The van der Waals surface area contributed by atoms with Gasteiger partial charge in [0.25, 0.3) is 0 Å². The van der Waals surface area contributed by atoms with Gasteiger partial charge in [0.2, 0.25) is 10.0 Å². The second-order valence-corrected chi connectivity index (χ2v) is 6.32. The van der Waals surface area contributed by atoms with Crippen molar-refractivity contribution >= 4 is 15.9 Å². The van der Waals surface area contributed by atoms with Gasteiger partial charge in [0, 0.05) is 6.54 Å². The first-order valence-corrected chi connectivity index (χ1v) is 7.17. The largest absolute Gasteiger partial charge is 0.386 e. The summed E-state index contributed by atoms with van der Waals surface area (Å²) in [5, 5.41) is 14.1. The van der Waals surface area contributed by atoms with Crippen molar-refractivity contribution < 1.29 is 8.42 Å². The molecule has 0 saturated carbocycles. The van der Waals surface area contributed by atoms with E-state index in [1.54, 1.807) is 13.8 Å². The molecule has 18 heavy (non-hydrogen) atoms. The Bertz CT molecular complexity index is 558. The van der Waals surface area contributed by atoms with Crippen LogP contribution in [0.25, 0.3) is 0 Å². The van der Waals surface area contributed by atoms with E-state index in [1.807, 2.05) is 0 Å². The molecular weight excluding hydrogens is 254 g/mol. The Morgan fingerprint density at radius 2 is 2.22 bits per heavy atom. The number of amidine groups is 1. The summed E-state index contributed by atoms with van der Waals surface area (Å²) in [4.78, 5) is 0.204. The van der Waals surface area contributed by atoms with Crippen LogP contribution in [-0.2, 0) is 10.0 Å². The number of nitrogens with zero attached hydrogens (tertiary/aromatic N) is 2. The lowest BCUT2D eigenvalue weighted by molar-refractivity contribution is 0.442. The average Bonchev–Trinajstić information content (AvgIpc) is 2.85. The highest BCUT2D eigenvalue weighted by Gasteiger charge is 2.39. The van der Waals surface area contributed by atoms with Gasteiger partial charge in [-0.2, -0.15) is 9.40 Å². The lowest BCUT2D eigenvalue weighted by Gasteiger charge is -2.23. The third-order valence-corrected chi connectivity index (χ3v) is 5.36. The van der Waals surface area contributed by atoms with E-state index in [-0.39, 0.29) is 10.7 Å². The Kier molecular flexibility index (Phi) is 3.16. The predicted molar refractivity (Wildman–Crippen MR) is 66.9 cm³/mol. The van der Waals surface area contributed by atoms with E-state index in [2.05, 4.69) is 10.2 Å². The maximum absolute atomic E-state index is 12.6. The molecule has 4 N–H and O–H groups in total. The molecule has 1 unspecified atom stereocenters. The average molecular weight is 271 g/mol. The Hall–Kier alpha value is -1.41. The fraction of sp³-hybridized carbons (Fsp3) is 0.600. The molecule has 1 aromatic heterocycles. The zero-order chi connectivity index (χ0) is 13.5. The van der Waals surface area contributed by atoms with Crippen LogP contribution in [0.2, 0.25) is 0 Å². The van der Waals surface area contributed by atoms with E-state index >= 15 is 0 Å². The molecule has 0 bridgehead atoms. The molecule has 1 atom stereocenters. The summed E-state index contributed by atoms with van der Waals surface area (Å²) in [5.74, 6) is -0.102. The highest BCUT2D eigenvalue weighted by atomic mass is 32.2. The topological polar surface area (TPSA) is 116 Å². The minimum absolute atomic E-state index is 0.102. The highest BCUT2D eigenvalue weighted by Crippen LogP contribution is 2.28. The summed E-state index contributed by atoms with van der Waals surface area (Å²) >= 11 is 0. The van der Waals surface area contributed by atoms with E-state index in [0.717, 1.165) is 6.42 Å². The predicted octanol–water partition coefficient (Wildman–Crippen LogP) is 0.116. The molecule has 2 heterocycles. The number of aryl methyl sites for hydroxylation is 2. The molecule has 0 aromatic carbocycles. The zero-order valence-electron chi connectivity index (χ0n) is 10.4. The van der Waals surface area contributed by atoms with E-state index in [9.17, 15) is 8.42 Å². The number of sulfonamides is 1. The monoisotopic (exact) mass is 271 g/mol. The molecule has 2 rings (SSSR count). The van der Waals surface area contributed by atoms with Crippen LogP contribution in [-0.4, -0.2) is 41.3 Å². The molecule has 8 heteroatoms. The van der Waals surface area contributed by atoms with Crippen molar-refractivity contribution in [3.05, 3.63) is 11.4 Å². The van der Waals surface area contributed by atoms with Crippen molar-refractivity contribution in [2.45, 2.75) is 37.6 Å². The van der Waals surface area contributed by atoms with Crippen LogP contribution in [0, 0.1) is 19.3 Å². The molecule has 1 aromatic rings. The van der Waals surface area contributed by atoms with Crippen LogP contribution in [0.3, 0.4) is 0 Å². The molecule has 7 nitrogen and oxygen atoms in total. The van der Waals surface area contributed by atoms with E-state index in [1.165, 1.54) is 4.31 Å². The smallest absolute Gasteiger partial charge is 0.247 e. The van der Waals surface area contributed by atoms with Gasteiger partial charge in [-0.05, 0) is 26.7 Å². The fourth-order valence-corrected chi connectivity index (χ4v) is 4.39. The number of hydrogen-bond donors (Lipinski definition) is 3. The van der Waals surface area contributed by atoms with Gasteiger partial charge in [-0.3, -0.25) is 10.5 Å². The molecule has 0 amide bonds. The molecule has 0 radical (unpaired) electrons. The van der Waals surface area contributed by atoms with E-state index in [0.29, 0.717) is 24.4 Å². The lowest BCUT2D eigenvalue weighted by Crippen LogP contribution is -2.43. The minimum Gasteiger partial charge on any atom is -0.386 e. The van der Waals surface area contributed by atoms with Gasteiger partial charge in [-0.15, -0.1) is 0 Å². The number of hydrogen-bond acceptors (Lipinski definition) is 4. The molecule has 100 valence electrons. The van der Waals surface area contributed by atoms with Gasteiger partial charge in [0.05, 0.1) is 17.4 Å². The normalized spacial score (nSPS) is 21.3. The first-order valence-electron chi connectivity index (χ1n) is 5.73. The third-order valence-electron chi connectivity index (χ3n) is 3.19. The van der Waals surface area contributed by atoms with Crippen LogP contribution >= 0.6 is 0 Å². The van der Waals surface area contributed by atoms with Crippen LogP contribution in [0.5, 0.6) is 0 Å². The van der Waals surface area contributed by atoms with Gasteiger partial charge < -0.3 is 5.73 Å². The van der Waals surface area contributed by atoms with Crippen molar-refractivity contribution in [2.24, 2.45) is 5.73 Å².